The molecule has 0 radical (unpaired) electrons. The highest BCUT2D eigenvalue weighted by Gasteiger charge is 2.49. The van der Waals surface area contributed by atoms with Crippen LogP contribution in [0.15, 0.2) is 64.3 Å². The standard InChI is InChI=1S/C30H36N2O5S/c1-6-10-21-27(30(35)37-8-3)24(18-12-14-19(15-13-18)32(4)5)26-22(31-21)17-20(23-11-9-16-38-23)25(28(26)33)29(34)36-7-2/h9,11-16,20,24-25,31H,6-8,10,17H2,1-5H3/t20-,24+,25-/m0/s1. The highest BCUT2D eigenvalue weighted by Crippen LogP contribution is 2.49. The van der Waals surface area contributed by atoms with Gasteiger partial charge < -0.3 is 19.7 Å². The van der Waals surface area contributed by atoms with Crippen molar-refractivity contribution < 1.29 is 23.9 Å². The number of ketones is 1. The normalized spacial score (nSPS) is 21.1. The summed E-state index contributed by atoms with van der Waals surface area (Å²) in [5.41, 5.74) is 4.26. The molecule has 0 fully saturated rings. The van der Waals surface area contributed by atoms with Gasteiger partial charge in [0.05, 0.1) is 18.8 Å². The second-order valence-electron chi connectivity index (χ2n) is 9.72. The topological polar surface area (TPSA) is 84.9 Å². The third kappa shape index (κ3) is 5.27. The quantitative estimate of drug-likeness (QED) is 0.343. The van der Waals surface area contributed by atoms with E-state index < -0.39 is 23.8 Å². The monoisotopic (exact) mass is 536 g/mol. The zero-order chi connectivity index (χ0) is 27.4. The predicted molar refractivity (Wildman–Crippen MR) is 149 cm³/mol. The van der Waals surface area contributed by atoms with Crippen LogP contribution in [0.1, 0.15) is 62.3 Å². The summed E-state index contributed by atoms with van der Waals surface area (Å²) in [5, 5.41) is 5.43. The van der Waals surface area contributed by atoms with E-state index >= 15 is 0 Å². The van der Waals surface area contributed by atoms with Crippen molar-refractivity contribution in [2.24, 2.45) is 5.92 Å². The van der Waals surface area contributed by atoms with Crippen LogP contribution in [0.4, 0.5) is 5.69 Å². The van der Waals surface area contributed by atoms with Crippen LogP contribution in [0.2, 0.25) is 0 Å². The van der Waals surface area contributed by atoms with Gasteiger partial charge in [-0.05, 0) is 55.8 Å². The first-order valence-corrected chi connectivity index (χ1v) is 14.1. The summed E-state index contributed by atoms with van der Waals surface area (Å²) in [4.78, 5) is 44.0. The Morgan fingerprint density at radius 2 is 1.76 bits per heavy atom. The number of nitrogens with zero attached hydrogens (tertiary/aromatic N) is 1. The Balaban J connectivity index is 1.92. The van der Waals surface area contributed by atoms with E-state index in [2.05, 4.69) is 12.2 Å². The smallest absolute Gasteiger partial charge is 0.336 e. The van der Waals surface area contributed by atoms with E-state index in [1.165, 1.54) is 11.3 Å². The van der Waals surface area contributed by atoms with E-state index in [-0.39, 0.29) is 24.9 Å². The Labute approximate surface area is 228 Å². The molecule has 0 unspecified atom stereocenters. The molecule has 1 N–H and O–H groups in total. The Morgan fingerprint density at radius 3 is 2.34 bits per heavy atom. The van der Waals surface area contributed by atoms with Crippen molar-refractivity contribution in [1.29, 1.82) is 0 Å². The minimum atomic E-state index is -0.978. The van der Waals surface area contributed by atoms with Gasteiger partial charge in [0.15, 0.2) is 5.78 Å². The maximum Gasteiger partial charge on any atom is 0.336 e. The summed E-state index contributed by atoms with van der Waals surface area (Å²) in [6.07, 6.45) is 1.92. The third-order valence-corrected chi connectivity index (χ3v) is 8.10. The van der Waals surface area contributed by atoms with Gasteiger partial charge in [-0.3, -0.25) is 9.59 Å². The van der Waals surface area contributed by atoms with Gasteiger partial charge in [0.1, 0.15) is 5.92 Å². The van der Waals surface area contributed by atoms with Crippen molar-refractivity contribution in [3.63, 3.8) is 0 Å². The zero-order valence-electron chi connectivity index (χ0n) is 22.7. The lowest BCUT2D eigenvalue weighted by Gasteiger charge is -2.39. The first kappa shape index (κ1) is 27.6. The average molecular weight is 537 g/mol. The van der Waals surface area contributed by atoms with Crippen LogP contribution >= 0.6 is 11.3 Å². The van der Waals surface area contributed by atoms with E-state index in [4.69, 9.17) is 9.47 Å². The van der Waals surface area contributed by atoms with Crippen LogP contribution in [-0.4, -0.2) is 45.0 Å². The molecule has 1 aromatic heterocycles. The first-order valence-electron chi connectivity index (χ1n) is 13.2. The van der Waals surface area contributed by atoms with Crippen molar-refractivity contribution >= 4 is 34.7 Å². The molecule has 0 spiro atoms. The molecule has 38 heavy (non-hydrogen) atoms. The number of carbonyl (C=O) groups excluding carboxylic acids is 3. The molecule has 2 heterocycles. The van der Waals surface area contributed by atoms with Gasteiger partial charge in [-0.25, -0.2) is 4.79 Å². The maximum atomic E-state index is 14.4. The summed E-state index contributed by atoms with van der Waals surface area (Å²) in [5.74, 6) is -3.22. The minimum Gasteiger partial charge on any atom is -0.465 e. The molecule has 7 nitrogen and oxygen atoms in total. The summed E-state index contributed by atoms with van der Waals surface area (Å²) >= 11 is 1.53. The molecule has 1 aromatic carbocycles. The number of anilines is 1. The zero-order valence-corrected chi connectivity index (χ0v) is 23.5. The van der Waals surface area contributed by atoms with E-state index in [1.807, 2.05) is 60.8 Å². The summed E-state index contributed by atoms with van der Waals surface area (Å²) in [6, 6.07) is 11.8. The van der Waals surface area contributed by atoms with E-state index in [0.29, 0.717) is 24.0 Å². The lowest BCUT2D eigenvalue weighted by molar-refractivity contribution is -0.152. The number of benzene rings is 1. The molecule has 0 saturated heterocycles. The molecule has 8 heteroatoms. The number of hydrogen-bond acceptors (Lipinski definition) is 8. The second kappa shape index (κ2) is 12.0. The molecule has 3 atom stereocenters. The number of thiophene rings is 1. The summed E-state index contributed by atoms with van der Waals surface area (Å²) in [7, 11) is 3.92. The molecule has 1 aliphatic carbocycles. The fraction of sp³-hybridized carbons (Fsp3) is 0.433. The van der Waals surface area contributed by atoms with Gasteiger partial charge in [0, 0.05) is 53.5 Å². The molecular weight excluding hydrogens is 500 g/mol. The number of esters is 2. The SMILES string of the molecule is CCCC1=C(C(=O)OCC)[C@H](c2ccc(N(C)C)cc2)C2=C(C[C@@H](c3cccs3)[C@H](C(=O)OCC)C2=O)N1. The van der Waals surface area contributed by atoms with Crippen molar-refractivity contribution in [1.82, 2.24) is 5.32 Å². The minimum absolute atomic E-state index is 0.188. The molecule has 4 rings (SSSR count). The number of nitrogens with one attached hydrogen (secondary N) is 1. The Morgan fingerprint density at radius 1 is 1.05 bits per heavy atom. The van der Waals surface area contributed by atoms with Gasteiger partial charge >= 0.3 is 11.9 Å². The Kier molecular flexibility index (Phi) is 8.72. The fourth-order valence-corrected chi connectivity index (χ4v) is 6.28. The third-order valence-electron chi connectivity index (χ3n) is 7.09. The van der Waals surface area contributed by atoms with Crippen molar-refractivity contribution in [3.05, 3.63) is 74.8 Å². The van der Waals surface area contributed by atoms with Crippen LogP contribution in [0, 0.1) is 5.92 Å². The van der Waals surface area contributed by atoms with E-state index in [1.54, 1.807) is 13.8 Å². The number of hydrogen-bond donors (Lipinski definition) is 1. The lowest BCUT2D eigenvalue weighted by Crippen LogP contribution is -2.43. The fourth-order valence-electron chi connectivity index (χ4n) is 5.42. The van der Waals surface area contributed by atoms with Crippen LogP contribution in [-0.2, 0) is 23.9 Å². The number of carbonyl (C=O) groups is 3. The van der Waals surface area contributed by atoms with E-state index in [9.17, 15) is 14.4 Å². The van der Waals surface area contributed by atoms with Gasteiger partial charge in [-0.15, -0.1) is 11.3 Å². The highest BCUT2D eigenvalue weighted by molar-refractivity contribution is 7.10. The number of rotatable bonds is 9. The van der Waals surface area contributed by atoms with Gasteiger partial charge in [-0.2, -0.15) is 0 Å². The molecule has 0 saturated carbocycles. The lowest BCUT2D eigenvalue weighted by atomic mass is 9.68. The highest BCUT2D eigenvalue weighted by atomic mass is 32.1. The average Bonchev–Trinajstić information content (AvgIpc) is 3.43. The van der Waals surface area contributed by atoms with E-state index in [0.717, 1.165) is 33.9 Å². The number of allylic oxidation sites excluding steroid dienone is 3. The van der Waals surface area contributed by atoms with Crippen LogP contribution in [0.3, 0.4) is 0 Å². The van der Waals surface area contributed by atoms with Gasteiger partial charge in [-0.1, -0.05) is 31.5 Å². The molecule has 2 aliphatic rings. The molecule has 202 valence electrons. The van der Waals surface area contributed by atoms with Crippen molar-refractivity contribution in [2.45, 2.75) is 51.9 Å². The van der Waals surface area contributed by atoms with Crippen LogP contribution in [0.5, 0.6) is 0 Å². The Bertz CT molecular complexity index is 1240. The molecular formula is C30H36N2O5S. The second-order valence-corrected chi connectivity index (χ2v) is 10.7. The summed E-state index contributed by atoms with van der Waals surface area (Å²) < 4.78 is 10.9. The number of dihydropyridines is 1. The summed E-state index contributed by atoms with van der Waals surface area (Å²) in [6.45, 7) is 5.98. The molecule has 0 bridgehead atoms. The number of Topliss-reactive ketones (excluding diaryl/α,β-unsaturated/α-hetero) is 1. The molecule has 2 aromatic rings. The van der Waals surface area contributed by atoms with Gasteiger partial charge in [0.25, 0.3) is 0 Å². The predicted octanol–water partition coefficient (Wildman–Crippen LogP) is 5.31. The largest absolute Gasteiger partial charge is 0.465 e. The first-order chi connectivity index (χ1) is 18.3. The maximum absolute atomic E-state index is 14.4. The molecule has 1 aliphatic heterocycles. The van der Waals surface area contributed by atoms with Crippen molar-refractivity contribution in [3.8, 4) is 0 Å². The van der Waals surface area contributed by atoms with Gasteiger partial charge in [0.2, 0.25) is 0 Å². The van der Waals surface area contributed by atoms with Crippen LogP contribution < -0.4 is 10.2 Å². The molecule has 0 amide bonds. The van der Waals surface area contributed by atoms with Crippen molar-refractivity contribution in [2.75, 3.05) is 32.2 Å². The van der Waals surface area contributed by atoms with Crippen LogP contribution in [0.25, 0.3) is 0 Å². The number of ether oxygens (including phenoxy) is 2. The Hall–Kier alpha value is -3.39.